The summed E-state index contributed by atoms with van der Waals surface area (Å²) in [5.41, 5.74) is 7.21. The highest BCUT2D eigenvalue weighted by Gasteiger charge is 2.12. The Balaban J connectivity index is 2.98. The number of hydrogen-bond acceptors (Lipinski definition) is 3. The van der Waals surface area contributed by atoms with Crippen LogP contribution in [0.15, 0.2) is 18.2 Å². The maximum Gasteiger partial charge on any atom is 0.253 e. The Labute approximate surface area is 100 Å². The maximum absolute atomic E-state index is 11.6. The van der Waals surface area contributed by atoms with Crippen molar-refractivity contribution in [3.05, 3.63) is 29.3 Å². The van der Waals surface area contributed by atoms with Crippen molar-refractivity contribution in [1.82, 2.24) is 5.32 Å². The van der Waals surface area contributed by atoms with Crippen LogP contribution < -0.4 is 16.4 Å². The lowest BCUT2D eigenvalue weighted by Crippen LogP contribution is -2.22. The molecule has 0 radical (unpaired) electrons. The summed E-state index contributed by atoms with van der Waals surface area (Å²) in [7, 11) is 1.55. The molecule has 1 aromatic carbocycles. The molecule has 92 valence electrons. The van der Waals surface area contributed by atoms with E-state index in [-0.39, 0.29) is 24.8 Å². The molecule has 0 aliphatic heterocycles. The Morgan fingerprint density at radius 2 is 2.06 bits per heavy atom. The van der Waals surface area contributed by atoms with Gasteiger partial charge in [-0.05, 0) is 19.1 Å². The molecule has 0 saturated heterocycles. The summed E-state index contributed by atoms with van der Waals surface area (Å²) in [6.45, 7) is 2.17. The zero-order valence-corrected chi connectivity index (χ0v) is 10.0. The van der Waals surface area contributed by atoms with Crippen molar-refractivity contribution < 1.29 is 9.59 Å². The predicted molar refractivity (Wildman–Crippen MR) is 66.9 cm³/mol. The van der Waals surface area contributed by atoms with Gasteiger partial charge in [0, 0.05) is 20.0 Å². The number of carbonyl (C=O) groups is 2. The van der Waals surface area contributed by atoms with Gasteiger partial charge in [-0.25, -0.2) is 0 Å². The predicted octanol–water partition coefficient (Wildman–Crippen LogP) is 0.642. The zero-order chi connectivity index (χ0) is 12.8. The summed E-state index contributed by atoms with van der Waals surface area (Å²) in [5.74, 6) is -0.418. The molecule has 0 spiro atoms. The van der Waals surface area contributed by atoms with E-state index in [0.29, 0.717) is 11.3 Å². The van der Waals surface area contributed by atoms with Gasteiger partial charge >= 0.3 is 0 Å². The zero-order valence-electron chi connectivity index (χ0n) is 10.0. The molecule has 0 fully saturated rings. The quantitative estimate of drug-likeness (QED) is 0.716. The molecule has 0 atom stereocenters. The summed E-state index contributed by atoms with van der Waals surface area (Å²) < 4.78 is 0. The normalized spacial score (nSPS) is 9.82. The standard InChI is InChI=1S/C12H17N3O2/c1-8-3-4-10(15-11(16)5-6-13)9(7-8)12(17)14-2/h3-4,7H,5-6,13H2,1-2H3,(H,14,17)(H,15,16). The second-order valence-electron chi connectivity index (χ2n) is 3.72. The minimum absolute atomic E-state index is 0.193. The first kappa shape index (κ1) is 13.2. The molecule has 1 aromatic rings. The van der Waals surface area contributed by atoms with Gasteiger partial charge in [-0.15, -0.1) is 0 Å². The van der Waals surface area contributed by atoms with Crippen molar-refractivity contribution >= 4 is 17.5 Å². The van der Waals surface area contributed by atoms with Crippen molar-refractivity contribution in [3.8, 4) is 0 Å². The van der Waals surface area contributed by atoms with Gasteiger partial charge in [0.2, 0.25) is 5.91 Å². The van der Waals surface area contributed by atoms with Crippen molar-refractivity contribution in [2.24, 2.45) is 5.73 Å². The topological polar surface area (TPSA) is 84.2 Å². The van der Waals surface area contributed by atoms with E-state index >= 15 is 0 Å². The number of nitrogens with one attached hydrogen (secondary N) is 2. The molecule has 0 unspecified atom stereocenters. The second-order valence-corrected chi connectivity index (χ2v) is 3.72. The van der Waals surface area contributed by atoms with Crippen LogP contribution in [0.3, 0.4) is 0 Å². The fourth-order valence-corrected chi connectivity index (χ4v) is 1.43. The lowest BCUT2D eigenvalue weighted by Gasteiger charge is -2.10. The monoisotopic (exact) mass is 235 g/mol. The number of aryl methyl sites for hydroxylation is 1. The molecule has 0 aliphatic carbocycles. The van der Waals surface area contributed by atoms with E-state index in [9.17, 15) is 9.59 Å². The van der Waals surface area contributed by atoms with Crippen LogP contribution in [0.5, 0.6) is 0 Å². The highest BCUT2D eigenvalue weighted by Crippen LogP contribution is 2.17. The van der Waals surface area contributed by atoms with E-state index in [2.05, 4.69) is 10.6 Å². The van der Waals surface area contributed by atoms with Gasteiger partial charge in [0.1, 0.15) is 0 Å². The molecule has 0 aliphatic rings. The molecule has 4 N–H and O–H groups in total. The van der Waals surface area contributed by atoms with Crippen molar-refractivity contribution in [3.63, 3.8) is 0 Å². The highest BCUT2D eigenvalue weighted by atomic mass is 16.2. The molecule has 5 heteroatoms. The molecule has 5 nitrogen and oxygen atoms in total. The first-order valence-corrected chi connectivity index (χ1v) is 5.41. The number of amides is 2. The molecule has 17 heavy (non-hydrogen) atoms. The van der Waals surface area contributed by atoms with E-state index in [1.54, 1.807) is 19.2 Å². The van der Waals surface area contributed by atoms with E-state index in [1.807, 2.05) is 13.0 Å². The molecule has 1 rings (SSSR count). The summed E-state index contributed by atoms with van der Waals surface area (Å²) in [6.07, 6.45) is 0.237. The Kier molecular flexibility index (Phi) is 4.66. The van der Waals surface area contributed by atoms with Crippen molar-refractivity contribution in [1.29, 1.82) is 0 Å². The van der Waals surface area contributed by atoms with E-state index in [0.717, 1.165) is 5.56 Å². The summed E-state index contributed by atoms with van der Waals surface area (Å²) in [6, 6.07) is 5.29. The smallest absolute Gasteiger partial charge is 0.253 e. The highest BCUT2D eigenvalue weighted by molar-refractivity contribution is 6.03. The Bertz CT molecular complexity index is 430. The van der Waals surface area contributed by atoms with Crippen LogP contribution in [0.25, 0.3) is 0 Å². The molecule has 2 amide bonds. The fourth-order valence-electron chi connectivity index (χ4n) is 1.43. The molecular formula is C12H17N3O2. The largest absolute Gasteiger partial charge is 0.355 e. The minimum Gasteiger partial charge on any atom is -0.355 e. The van der Waals surface area contributed by atoms with Gasteiger partial charge in [0.05, 0.1) is 11.3 Å². The third-order valence-electron chi connectivity index (χ3n) is 2.29. The molecular weight excluding hydrogens is 218 g/mol. The average molecular weight is 235 g/mol. The van der Waals surface area contributed by atoms with Gasteiger partial charge < -0.3 is 16.4 Å². The SMILES string of the molecule is CNC(=O)c1cc(C)ccc1NC(=O)CCN. The van der Waals surface area contributed by atoms with E-state index in [4.69, 9.17) is 5.73 Å². The third kappa shape index (κ3) is 3.57. The van der Waals surface area contributed by atoms with Gasteiger partial charge in [-0.1, -0.05) is 11.6 Å². The number of carbonyl (C=O) groups excluding carboxylic acids is 2. The van der Waals surface area contributed by atoms with Gasteiger partial charge in [0.25, 0.3) is 5.91 Å². The van der Waals surface area contributed by atoms with Crippen LogP contribution in [-0.2, 0) is 4.79 Å². The number of benzene rings is 1. The third-order valence-corrected chi connectivity index (χ3v) is 2.29. The van der Waals surface area contributed by atoms with Crippen molar-refractivity contribution in [2.45, 2.75) is 13.3 Å². The second kappa shape index (κ2) is 6.00. The van der Waals surface area contributed by atoms with Gasteiger partial charge in [-0.2, -0.15) is 0 Å². The van der Waals surface area contributed by atoms with Crippen molar-refractivity contribution in [2.75, 3.05) is 18.9 Å². The van der Waals surface area contributed by atoms with Crippen LogP contribution in [0, 0.1) is 6.92 Å². The Morgan fingerprint density at radius 1 is 1.35 bits per heavy atom. The first-order chi connectivity index (χ1) is 8.08. The summed E-state index contributed by atoms with van der Waals surface area (Å²) in [5, 5.41) is 5.21. The fraction of sp³-hybridized carbons (Fsp3) is 0.333. The van der Waals surface area contributed by atoms with E-state index in [1.165, 1.54) is 0 Å². The van der Waals surface area contributed by atoms with Crippen LogP contribution in [0.2, 0.25) is 0 Å². The average Bonchev–Trinajstić information content (AvgIpc) is 2.30. The summed E-state index contributed by atoms with van der Waals surface area (Å²) in [4.78, 5) is 23.1. The number of anilines is 1. The lowest BCUT2D eigenvalue weighted by atomic mass is 10.1. The van der Waals surface area contributed by atoms with E-state index < -0.39 is 0 Å². The number of rotatable bonds is 4. The number of nitrogens with two attached hydrogens (primary N) is 1. The van der Waals surface area contributed by atoms with Crippen LogP contribution in [0.1, 0.15) is 22.3 Å². The maximum atomic E-state index is 11.6. The molecule has 0 saturated carbocycles. The van der Waals surface area contributed by atoms with Gasteiger partial charge in [0.15, 0.2) is 0 Å². The van der Waals surface area contributed by atoms with Crippen LogP contribution in [0.4, 0.5) is 5.69 Å². The van der Waals surface area contributed by atoms with Gasteiger partial charge in [-0.3, -0.25) is 9.59 Å². The van der Waals surface area contributed by atoms with Crippen LogP contribution >= 0.6 is 0 Å². The number of hydrogen-bond donors (Lipinski definition) is 3. The molecule has 0 bridgehead atoms. The first-order valence-electron chi connectivity index (χ1n) is 5.41. The lowest BCUT2D eigenvalue weighted by molar-refractivity contribution is -0.116. The molecule has 0 heterocycles. The van der Waals surface area contributed by atoms with Crippen LogP contribution in [-0.4, -0.2) is 25.4 Å². The Hall–Kier alpha value is -1.88. The molecule has 0 aromatic heterocycles. The Morgan fingerprint density at radius 3 is 2.65 bits per heavy atom. The minimum atomic E-state index is -0.225. The summed E-state index contributed by atoms with van der Waals surface area (Å²) >= 11 is 0.